The van der Waals surface area contributed by atoms with E-state index in [4.69, 9.17) is 9.47 Å². The number of carbonyl (C=O) groups excluding carboxylic acids is 2. The number of nitrogens with one attached hydrogen (secondary N) is 1. The molecule has 2 aliphatic rings. The highest BCUT2D eigenvalue weighted by Gasteiger charge is 2.35. The van der Waals surface area contributed by atoms with E-state index >= 15 is 0 Å². The van der Waals surface area contributed by atoms with Gasteiger partial charge < -0.3 is 29.3 Å². The van der Waals surface area contributed by atoms with E-state index in [2.05, 4.69) is 19.9 Å². The first-order valence-electron chi connectivity index (χ1n) is 14.5. The van der Waals surface area contributed by atoms with Crippen LogP contribution in [-0.2, 0) is 4.79 Å². The van der Waals surface area contributed by atoms with Gasteiger partial charge in [-0.15, -0.1) is 13.2 Å². The zero-order valence-electron chi connectivity index (χ0n) is 24.1. The van der Waals surface area contributed by atoms with Crippen LogP contribution in [0, 0.1) is 5.92 Å². The molecule has 2 aromatic carbocycles. The Morgan fingerprint density at radius 2 is 1.71 bits per heavy atom. The highest BCUT2D eigenvalue weighted by atomic mass is 19.4. The van der Waals surface area contributed by atoms with Crippen LogP contribution in [0.4, 0.5) is 29.3 Å². The van der Waals surface area contributed by atoms with Crippen LogP contribution in [-0.4, -0.2) is 76.2 Å². The minimum atomic E-state index is -4.86. The molecule has 1 N–H and O–H groups in total. The van der Waals surface area contributed by atoms with E-state index in [-0.39, 0.29) is 29.8 Å². The standard InChI is InChI=1S/C30H39F3N4O5/c1-3-34-29(39)41-23-13-14-24(27(21-23)40-2)36-18-15-35(16-19-36)17-20-37(28(38)22-9-5-4-6-10-22)25-11-7-8-12-26(25)42-30(31,32)33/h7-8,11-14,21-22H,3-6,9-10,15-20H2,1-2H3,(H,34,39). The van der Waals surface area contributed by atoms with Crippen molar-refractivity contribution in [1.29, 1.82) is 0 Å². The minimum absolute atomic E-state index is 0.142. The molecule has 0 unspecified atom stereocenters. The second-order valence-corrected chi connectivity index (χ2v) is 10.4. The Morgan fingerprint density at radius 3 is 2.38 bits per heavy atom. The van der Waals surface area contributed by atoms with Crippen molar-refractivity contribution in [1.82, 2.24) is 10.2 Å². The summed E-state index contributed by atoms with van der Waals surface area (Å²) in [6.07, 6.45) is -0.971. The fraction of sp³-hybridized carbons (Fsp3) is 0.533. The van der Waals surface area contributed by atoms with Gasteiger partial charge in [0, 0.05) is 57.8 Å². The molecule has 1 saturated heterocycles. The summed E-state index contributed by atoms with van der Waals surface area (Å²) >= 11 is 0. The van der Waals surface area contributed by atoms with E-state index < -0.39 is 12.5 Å². The lowest BCUT2D eigenvalue weighted by Gasteiger charge is -2.38. The van der Waals surface area contributed by atoms with Crippen LogP contribution in [0.2, 0.25) is 0 Å². The molecule has 2 fully saturated rings. The van der Waals surface area contributed by atoms with E-state index in [1.54, 1.807) is 32.2 Å². The Bertz CT molecular complexity index is 1200. The zero-order valence-corrected chi connectivity index (χ0v) is 24.1. The molecule has 2 amide bonds. The molecule has 4 rings (SSSR count). The van der Waals surface area contributed by atoms with Crippen molar-refractivity contribution in [3.63, 3.8) is 0 Å². The van der Waals surface area contributed by atoms with Gasteiger partial charge in [0.25, 0.3) is 0 Å². The SMILES string of the molecule is CCNC(=O)Oc1ccc(N2CCN(CCN(C(=O)C3CCCCC3)c3ccccc3OC(F)(F)F)CC2)c(OC)c1. The van der Waals surface area contributed by atoms with Gasteiger partial charge in [-0.1, -0.05) is 31.4 Å². The Morgan fingerprint density at radius 1 is 1.00 bits per heavy atom. The normalized spacial score (nSPS) is 16.5. The highest BCUT2D eigenvalue weighted by molar-refractivity contribution is 5.96. The molecule has 12 heteroatoms. The number of rotatable bonds is 10. The third-order valence-corrected chi connectivity index (χ3v) is 7.64. The van der Waals surface area contributed by atoms with Gasteiger partial charge in [-0.25, -0.2) is 4.79 Å². The highest BCUT2D eigenvalue weighted by Crippen LogP contribution is 2.36. The summed E-state index contributed by atoms with van der Waals surface area (Å²) in [7, 11) is 1.56. The summed E-state index contributed by atoms with van der Waals surface area (Å²) in [5.41, 5.74) is 1.01. The van der Waals surface area contributed by atoms with Crippen molar-refractivity contribution < 1.29 is 37.0 Å². The molecule has 0 spiro atoms. The van der Waals surface area contributed by atoms with Crippen molar-refractivity contribution in [3.05, 3.63) is 42.5 Å². The van der Waals surface area contributed by atoms with Gasteiger partial charge in [0.2, 0.25) is 5.91 Å². The number of ether oxygens (including phenoxy) is 3. The monoisotopic (exact) mass is 592 g/mol. The van der Waals surface area contributed by atoms with E-state index in [0.717, 1.165) is 37.8 Å². The van der Waals surface area contributed by atoms with Crippen molar-refractivity contribution in [2.75, 3.05) is 62.7 Å². The van der Waals surface area contributed by atoms with Crippen molar-refractivity contribution in [2.24, 2.45) is 5.92 Å². The van der Waals surface area contributed by atoms with Crippen LogP contribution in [0.15, 0.2) is 42.5 Å². The number of anilines is 2. The van der Waals surface area contributed by atoms with E-state index in [1.807, 2.05) is 6.07 Å². The summed E-state index contributed by atoms with van der Waals surface area (Å²) in [4.78, 5) is 31.3. The van der Waals surface area contributed by atoms with Gasteiger partial charge >= 0.3 is 12.5 Å². The molecular weight excluding hydrogens is 553 g/mol. The topological polar surface area (TPSA) is 83.6 Å². The number of hydrogen-bond donors (Lipinski definition) is 1. The van der Waals surface area contributed by atoms with Gasteiger partial charge in [0.1, 0.15) is 11.5 Å². The average molecular weight is 593 g/mol. The average Bonchev–Trinajstić information content (AvgIpc) is 2.98. The largest absolute Gasteiger partial charge is 0.573 e. The molecule has 9 nitrogen and oxygen atoms in total. The lowest BCUT2D eigenvalue weighted by atomic mass is 9.88. The number of halogens is 3. The number of hydrogen-bond acceptors (Lipinski definition) is 7. The summed E-state index contributed by atoms with van der Waals surface area (Å²) in [5, 5.41) is 2.58. The molecular formula is C30H39F3N4O5. The molecule has 2 aromatic rings. The van der Waals surface area contributed by atoms with Crippen molar-refractivity contribution in [3.8, 4) is 17.2 Å². The van der Waals surface area contributed by atoms with Gasteiger partial charge in [0.05, 0.1) is 18.5 Å². The molecule has 1 heterocycles. The van der Waals surface area contributed by atoms with E-state index in [0.29, 0.717) is 50.8 Å². The third-order valence-electron chi connectivity index (χ3n) is 7.64. The fourth-order valence-corrected chi connectivity index (χ4v) is 5.53. The molecule has 230 valence electrons. The van der Waals surface area contributed by atoms with Gasteiger partial charge in [-0.3, -0.25) is 9.69 Å². The van der Waals surface area contributed by atoms with Gasteiger partial charge in [-0.05, 0) is 44.0 Å². The Balaban J connectivity index is 1.42. The number of carbonyl (C=O) groups is 2. The minimum Gasteiger partial charge on any atom is -0.494 e. The van der Waals surface area contributed by atoms with Crippen LogP contribution in [0.1, 0.15) is 39.0 Å². The predicted octanol–water partition coefficient (Wildman–Crippen LogP) is 5.44. The smallest absolute Gasteiger partial charge is 0.494 e. The number of para-hydroxylation sites is 2. The number of nitrogens with zero attached hydrogens (tertiary/aromatic N) is 3. The Kier molecular flexibility index (Phi) is 10.8. The first-order valence-corrected chi connectivity index (χ1v) is 14.5. The molecule has 1 aliphatic heterocycles. The number of alkyl halides is 3. The zero-order chi connectivity index (χ0) is 30.1. The number of benzene rings is 2. The lowest BCUT2D eigenvalue weighted by molar-refractivity contribution is -0.274. The summed E-state index contributed by atoms with van der Waals surface area (Å²) in [6, 6.07) is 11.1. The quantitative estimate of drug-likeness (QED) is 0.394. The summed E-state index contributed by atoms with van der Waals surface area (Å²) < 4.78 is 54.7. The van der Waals surface area contributed by atoms with E-state index in [9.17, 15) is 22.8 Å². The lowest BCUT2D eigenvalue weighted by Crippen LogP contribution is -2.49. The summed E-state index contributed by atoms with van der Waals surface area (Å²) in [5.74, 6) is 0.229. The fourth-order valence-electron chi connectivity index (χ4n) is 5.53. The molecule has 0 bridgehead atoms. The van der Waals surface area contributed by atoms with E-state index in [1.165, 1.54) is 23.1 Å². The number of amides is 2. The van der Waals surface area contributed by atoms with Gasteiger partial charge in [-0.2, -0.15) is 0 Å². The van der Waals surface area contributed by atoms with Crippen molar-refractivity contribution >= 4 is 23.4 Å². The second-order valence-electron chi connectivity index (χ2n) is 10.4. The second kappa shape index (κ2) is 14.5. The van der Waals surface area contributed by atoms with Crippen molar-refractivity contribution in [2.45, 2.75) is 45.4 Å². The maximum atomic E-state index is 13.6. The molecule has 1 saturated carbocycles. The molecule has 42 heavy (non-hydrogen) atoms. The van der Waals surface area contributed by atoms with Crippen LogP contribution < -0.4 is 29.3 Å². The maximum absolute atomic E-state index is 13.6. The van der Waals surface area contributed by atoms with Crippen LogP contribution in [0.5, 0.6) is 17.2 Å². The Hall–Kier alpha value is -3.67. The molecule has 0 aromatic heterocycles. The Labute approximate surface area is 244 Å². The predicted molar refractivity (Wildman–Crippen MR) is 153 cm³/mol. The third kappa shape index (κ3) is 8.43. The maximum Gasteiger partial charge on any atom is 0.573 e. The molecule has 0 radical (unpaired) electrons. The van der Waals surface area contributed by atoms with Crippen LogP contribution >= 0.6 is 0 Å². The van der Waals surface area contributed by atoms with Gasteiger partial charge in [0.15, 0.2) is 5.75 Å². The molecule has 0 atom stereocenters. The summed E-state index contributed by atoms with van der Waals surface area (Å²) in [6.45, 7) is 5.75. The molecule has 1 aliphatic carbocycles. The number of piperazine rings is 1. The number of methoxy groups -OCH3 is 1. The van der Waals surface area contributed by atoms with Crippen LogP contribution in [0.3, 0.4) is 0 Å². The van der Waals surface area contributed by atoms with Crippen LogP contribution in [0.25, 0.3) is 0 Å². The first-order chi connectivity index (χ1) is 20.2. The first kappa shape index (κ1) is 31.3.